The zero-order chi connectivity index (χ0) is 19.2. The van der Waals surface area contributed by atoms with Crippen LogP contribution in [0.1, 0.15) is 30.7 Å². The van der Waals surface area contributed by atoms with Gasteiger partial charge < -0.3 is 10.4 Å². The summed E-state index contributed by atoms with van der Waals surface area (Å²) in [4.78, 5) is 16.8. The number of nitrogens with one attached hydrogen (secondary N) is 1. The van der Waals surface area contributed by atoms with Gasteiger partial charge in [0.25, 0.3) is 0 Å². The number of amides is 1. The minimum absolute atomic E-state index is 0.112. The van der Waals surface area contributed by atoms with Crippen molar-refractivity contribution >= 4 is 28.8 Å². The van der Waals surface area contributed by atoms with Crippen molar-refractivity contribution in [3.05, 3.63) is 76.3 Å². The monoisotopic (exact) mass is 400 g/mol. The Morgan fingerprint density at radius 3 is 2.63 bits per heavy atom. The Balaban J connectivity index is 1.54. The first-order valence-corrected chi connectivity index (χ1v) is 10.0. The van der Waals surface area contributed by atoms with Gasteiger partial charge in [-0.1, -0.05) is 60.1 Å². The molecule has 0 aliphatic rings. The van der Waals surface area contributed by atoms with Crippen molar-refractivity contribution in [3.63, 3.8) is 0 Å². The van der Waals surface area contributed by atoms with E-state index in [2.05, 4.69) is 10.3 Å². The van der Waals surface area contributed by atoms with E-state index in [1.807, 2.05) is 66.9 Å². The molecule has 1 heterocycles. The fraction of sp³-hybridized carbons (Fsp3) is 0.238. The first-order valence-electron chi connectivity index (χ1n) is 8.74. The molecular formula is C21H21ClN2O2S. The van der Waals surface area contributed by atoms with Crippen molar-refractivity contribution in [2.24, 2.45) is 0 Å². The summed E-state index contributed by atoms with van der Waals surface area (Å²) in [5, 5.41) is 16.5. The highest BCUT2D eigenvalue weighted by Crippen LogP contribution is 2.30. The first-order chi connectivity index (χ1) is 13.0. The third kappa shape index (κ3) is 5.39. The van der Waals surface area contributed by atoms with Gasteiger partial charge >= 0.3 is 0 Å². The third-order valence-corrected chi connectivity index (χ3v) is 5.42. The van der Waals surface area contributed by atoms with Crippen molar-refractivity contribution in [2.75, 3.05) is 0 Å². The normalized spacial score (nSPS) is 13.1. The molecule has 2 atom stereocenters. The van der Waals surface area contributed by atoms with Crippen LogP contribution in [0.2, 0.25) is 5.02 Å². The van der Waals surface area contributed by atoms with E-state index in [-0.39, 0.29) is 18.4 Å². The summed E-state index contributed by atoms with van der Waals surface area (Å²) in [6.45, 7) is 1.89. The van der Waals surface area contributed by atoms with E-state index in [1.54, 1.807) is 0 Å². The number of aromatic nitrogens is 1. The van der Waals surface area contributed by atoms with Crippen molar-refractivity contribution in [1.82, 2.24) is 10.3 Å². The number of thiazole rings is 1. The van der Waals surface area contributed by atoms with E-state index < -0.39 is 6.10 Å². The molecule has 0 saturated heterocycles. The number of benzene rings is 2. The molecule has 0 saturated carbocycles. The lowest BCUT2D eigenvalue weighted by Gasteiger charge is -2.18. The molecule has 2 aromatic carbocycles. The second kappa shape index (κ2) is 9.13. The van der Waals surface area contributed by atoms with Gasteiger partial charge in [-0.3, -0.25) is 4.79 Å². The highest BCUT2D eigenvalue weighted by molar-refractivity contribution is 7.13. The standard InChI is InChI=1S/C21H21ClN2O2S/c1-14(11-19(25)15-7-3-2-4-8-15)23-20(26)12-16-13-27-21(24-16)17-9-5-6-10-18(17)22/h2-10,13-14,19,25H,11-12H2,1H3,(H,23,26)/t14-,19-/m0/s1. The number of hydrogen-bond acceptors (Lipinski definition) is 4. The molecule has 27 heavy (non-hydrogen) atoms. The highest BCUT2D eigenvalue weighted by Gasteiger charge is 2.16. The Hall–Kier alpha value is -2.21. The number of aliphatic hydroxyl groups excluding tert-OH is 1. The summed E-state index contributed by atoms with van der Waals surface area (Å²) < 4.78 is 0. The van der Waals surface area contributed by atoms with Crippen LogP contribution >= 0.6 is 22.9 Å². The molecule has 3 rings (SSSR count). The predicted octanol–water partition coefficient (Wildman–Crippen LogP) is 4.63. The molecule has 0 bridgehead atoms. The summed E-state index contributed by atoms with van der Waals surface area (Å²) in [6, 6.07) is 16.8. The maximum absolute atomic E-state index is 12.3. The van der Waals surface area contributed by atoms with Gasteiger partial charge in [0, 0.05) is 17.0 Å². The number of rotatable bonds is 7. The largest absolute Gasteiger partial charge is 0.388 e. The summed E-state index contributed by atoms with van der Waals surface area (Å²) >= 11 is 7.68. The van der Waals surface area contributed by atoms with E-state index in [1.165, 1.54) is 11.3 Å². The molecule has 4 nitrogen and oxygen atoms in total. The molecule has 1 amide bonds. The lowest BCUT2D eigenvalue weighted by molar-refractivity contribution is -0.121. The molecule has 3 aromatic rings. The number of carbonyl (C=O) groups is 1. The van der Waals surface area contributed by atoms with Gasteiger partial charge in [0.05, 0.1) is 23.2 Å². The molecule has 1 aromatic heterocycles. The molecule has 0 radical (unpaired) electrons. The van der Waals surface area contributed by atoms with Crippen LogP contribution in [0.25, 0.3) is 10.6 Å². The number of hydrogen-bond donors (Lipinski definition) is 2. The minimum Gasteiger partial charge on any atom is -0.388 e. The smallest absolute Gasteiger partial charge is 0.226 e. The number of carbonyl (C=O) groups excluding carboxylic acids is 1. The molecule has 0 aliphatic heterocycles. The molecule has 0 spiro atoms. The van der Waals surface area contributed by atoms with E-state index in [9.17, 15) is 9.90 Å². The maximum atomic E-state index is 12.3. The fourth-order valence-corrected chi connectivity index (χ4v) is 3.98. The summed E-state index contributed by atoms with van der Waals surface area (Å²) in [7, 11) is 0. The van der Waals surface area contributed by atoms with Gasteiger partial charge in [-0.05, 0) is 25.0 Å². The zero-order valence-electron chi connectivity index (χ0n) is 14.9. The Bertz CT molecular complexity index is 898. The van der Waals surface area contributed by atoms with Gasteiger partial charge in [0.2, 0.25) is 5.91 Å². The van der Waals surface area contributed by atoms with Crippen LogP contribution in [0.5, 0.6) is 0 Å². The van der Waals surface area contributed by atoms with Crippen LogP contribution in [-0.2, 0) is 11.2 Å². The maximum Gasteiger partial charge on any atom is 0.226 e. The number of halogens is 1. The molecule has 2 N–H and O–H groups in total. The van der Waals surface area contributed by atoms with Gasteiger partial charge in [0.1, 0.15) is 5.01 Å². The predicted molar refractivity (Wildman–Crippen MR) is 110 cm³/mol. The quantitative estimate of drug-likeness (QED) is 0.607. The second-order valence-electron chi connectivity index (χ2n) is 6.43. The van der Waals surface area contributed by atoms with Crippen molar-refractivity contribution in [2.45, 2.75) is 31.9 Å². The highest BCUT2D eigenvalue weighted by atomic mass is 35.5. The number of aliphatic hydroxyl groups is 1. The van der Waals surface area contributed by atoms with Gasteiger partial charge in [-0.25, -0.2) is 4.98 Å². The Labute approximate surface area is 167 Å². The average molecular weight is 401 g/mol. The van der Waals surface area contributed by atoms with E-state index in [0.717, 1.165) is 16.1 Å². The molecule has 140 valence electrons. The van der Waals surface area contributed by atoms with Crippen LogP contribution in [-0.4, -0.2) is 22.0 Å². The fourth-order valence-electron chi connectivity index (χ4n) is 2.84. The summed E-state index contributed by atoms with van der Waals surface area (Å²) in [6.07, 6.45) is 0.0531. The Kier molecular flexibility index (Phi) is 6.61. The third-order valence-electron chi connectivity index (χ3n) is 4.17. The SMILES string of the molecule is C[C@@H](C[C@H](O)c1ccccc1)NC(=O)Cc1csc(-c2ccccc2Cl)n1. The summed E-state index contributed by atoms with van der Waals surface area (Å²) in [5.74, 6) is -0.112. The van der Waals surface area contributed by atoms with Crippen LogP contribution in [0.3, 0.4) is 0 Å². The molecule has 6 heteroatoms. The number of nitrogens with zero attached hydrogens (tertiary/aromatic N) is 1. The van der Waals surface area contributed by atoms with Gasteiger partial charge in [-0.2, -0.15) is 0 Å². The van der Waals surface area contributed by atoms with Gasteiger partial charge in [-0.15, -0.1) is 11.3 Å². The molecule has 0 aliphatic carbocycles. The van der Waals surface area contributed by atoms with Crippen LogP contribution in [0.4, 0.5) is 0 Å². The Morgan fingerprint density at radius 2 is 1.89 bits per heavy atom. The topological polar surface area (TPSA) is 62.2 Å². The summed E-state index contributed by atoms with van der Waals surface area (Å²) in [5.41, 5.74) is 2.43. The molecular weight excluding hydrogens is 380 g/mol. The molecule has 0 fully saturated rings. The van der Waals surface area contributed by atoms with Crippen LogP contribution < -0.4 is 5.32 Å². The lowest BCUT2D eigenvalue weighted by atomic mass is 10.0. The van der Waals surface area contributed by atoms with Crippen molar-refractivity contribution in [3.8, 4) is 10.6 Å². The second-order valence-corrected chi connectivity index (χ2v) is 7.70. The van der Waals surface area contributed by atoms with Gasteiger partial charge in [0.15, 0.2) is 0 Å². The van der Waals surface area contributed by atoms with E-state index in [0.29, 0.717) is 17.1 Å². The minimum atomic E-state index is -0.604. The van der Waals surface area contributed by atoms with E-state index >= 15 is 0 Å². The zero-order valence-corrected chi connectivity index (χ0v) is 16.5. The van der Waals surface area contributed by atoms with Crippen LogP contribution in [0, 0.1) is 0 Å². The Morgan fingerprint density at radius 1 is 1.19 bits per heavy atom. The van der Waals surface area contributed by atoms with E-state index in [4.69, 9.17) is 11.6 Å². The first kappa shape index (κ1) is 19.5. The van der Waals surface area contributed by atoms with Crippen molar-refractivity contribution < 1.29 is 9.90 Å². The lowest BCUT2D eigenvalue weighted by Crippen LogP contribution is -2.34. The van der Waals surface area contributed by atoms with Crippen molar-refractivity contribution in [1.29, 1.82) is 0 Å². The van der Waals surface area contributed by atoms with Crippen LogP contribution in [0.15, 0.2) is 60.0 Å². The average Bonchev–Trinajstić information content (AvgIpc) is 3.10. The molecule has 0 unspecified atom stereocenters.